The van der Waals surface area contributed by atoms with E-state index in [0.717, 1.165) is 16.9 Å². The lowest BCUT2D eigenvalue weighted by molar-refractivity contribution is -0.127. The van der Waals surface area contributed by atoms with Crippen LogP contribution in [0.3, 0.4) is 0 Å². The highest BCUT2D eigenvalue weighted by atomic mass is 35.5. The second-order valence-corrected chi connectivity index (χ2v) is 6.99. The number of halogens is 1. The van der Waals surface area contributed by atoms with Gasteiger partial charge in [0, 0.05) is 9.90 Å². The molecule has 0 aliphatic rings. The highest BCUT2D eigenvalue weighted by molar-refractivity contribution is 7.13. The molecule has 1 atom stereocenters. The molecule has 6 heteroatoms. The number of thiophene rings is 1. The van der Waals surface area contributed by atoms with Gasteiger partial charge < -0.3 is 4.74 Å². The Morgan fingerprint density at radius 1 is 1.33 bits per heavy atom. The van der Waals surface area contributed by atoms with E-state index in [0.29, 0.717) is 16.5 Å². The fourth-order valence-electron chi connectivity index (χ4n) is 2.02. The van der Waals surface area contributed by atoms with Gasteiger partial charge in [0.05, 0.1) is 10.6 Å². The fraction of sp³-hybridized carbons (Fsp3) is 0.278. The Kier molecular flexibility index (Phi) is 6.29. The minimum Gasteiger partial charge on any atom is -0.481 e. The molecule has 0 saturated carbocycles. The Balaban J connectivity index is 1.88. The van der Waals surface area contributed by atoms with Gasteiger partial charge in [-0.25, -0.2) is 0 Å². The third kappa shape index (κ3) is 4.76. The maximum Gasteiger partial charge on any atom is 0.279 e. The summed E-state index contributed by atoms with van der Waals surface area (Å²) in [6.07, 6.45) is 0.329. The molecule has 0 aliphatic carbocycles. The van der Waals surface area contributed by atoms with E-state index in [2.05, 4.69) is 30.4 Å². The molecule has 1 heterocycles. The smallest absolute Gasteiger partial charge is 0.279 e. The summed E-state index contributed by atoms with van der Waals surface area (Å²) in [4.78, 5) is 14.4. The number of hydrazine groups is 1. The standard InChI is InChI=1S/C18H21ClN2O2S/c1-5-15-7-9-17(24-15)12(3)20-21-18(22)13(4)23-16-8-6-14(19)10-11(16)2/h6-10,13,20H,3,5H2,1-2,4H3,(H,21,22)/t13-/m1/s1. The first-order valence-corrected chi connectivity index (χ1v) is 8.86. The van der Waals surface area contributed by atoms with Crippen molar-refractivity contribution in [1.29, 1.82) is 0 Å². The third-order valence-corrected chi connectivity index (χ3v) is 4.98. The van der Waals surface area contributed by atoms with Gasteiger partial charge >= 0.3 is 0 Å². The second-order valence-electron chi connectivity index (χ2n) is 5.38. The molecule has 1 amide bonds. The quantitative estimate of drug-likeness (QED) is 0.719. The van der Waals surface area contributed by atoms with Gasteiger partial charge in [-0.05, 0) is 56.2 Å². The van der Waals surface area contributed by atoms with E-state index >= 15 is 0 Å². The van der Waals surface area contributed by atoms with Gasteiger partial charge in [-0.15, -0.1) is 11.3 Å². The summed E-state index contributed by atoms with van der Waals surface area (Å²) in [6, 6.07) is 9.33. The SMILES string of the molecule is C=C(NNC(=O)[C@@H](C)Oc1ccc(Cl)cc1C)c1ccc(CC)s1. The van der Waals surface area contributed by atoms with Gasteiger partial charge in [0.15, 0.2) is 6.10 Å². The van der Waals surface area contributed by atoms with Crippen molar-refractivity contribution >= 4 is 34.5 Å². The first-order valence-electron chi connectivity index (χ1n) is 7.67. The third-order valence-electron chi connectivity index (χ3n) is 3.45. The number of aryl methyl sites for hydroxylation is 2. The van der Waals surface area contributed by atoms with Crippen LogP contribution in [0, 0.1) is 6.92 Å². The molecule has 0 spiro atoms. The monoisotopic (exact) mass is 364 g/mol. The molecule has 128 valence electrons. The number of carbonyl (C=O) groups is 1. The van der Waals surface area contributed by atoms with E-state index in [4.69, 9.17) is 16.3 Å². The fourth-order valence-corrected chi connectivity index (χ4v) is 3.12. The highest BCUT2D eigenvalue weighted by Crippen LogP contribution is 2.23. The van der Waals surface area contributed by atoms with E-state index in [-0.39, 0.29) is 5.91 Å². The first-order chi connectivity index (χ1) is 11.4. The Labute approximate surface area is 151 Å². The van der Waals surface area contributed by atoms with Crippen LogP contribution in [0.4, 0.5) is 0 Å². The summed E-state index contributed by atoms with van der Waals surface area (Å²) in [7, 11) is 0. The van der Waals surface area contributed by atoms with Crippen LogP contribution in [0.1, 0.15) is 29.2 Å². The van der Waals surface area contributed by atoms with Gasteiger partial charge in [0.2, 0.25) is 0 Å². The Morgan fingerprint density at radius 2 is 2.08 bits per heavy atom. The van der Waals surface area contributed by atoms with E-state index in [1.807, 2.05) is 13.0 Å². The van der Waals surface area contributed by atoms with Crippen molar-refractivity contribution in [3.63, 3.8) is 0 Å². The van der Waals surface area contributed by atoms with Crippen molar-refractivity contribution in [3.8, 4) is 5.75 Å². The molecule has 4 nitrogen and oxygen atoms in total. The van der Waals surface area contributed by atoms with Crippen molar-refractivity contribution in [1.82, 2.24) is 10.9 Å². The molecule has 0 unspecified atom stereocenters. The maximum atomic E-state index is 12.2. The van der Waals surface area contributed by atoms with E-state index in [9.17, 15) is 4.79 Å². The second kappa shape index (κ2) is 8.22. The number of rotatable bonds is 7. The molecule has 2 rings (SSSR count). The molecule has 0 fully saturated rings. The lowest BCUT2D eigenvalue weighted by Crippen LogP contribution is -2.43. The number of carbonyl (C=O) groups excluding carboxylic acids is 1. The molecule has 1 aromatic heterocycles. The van der Waals surface area contributed by atoms with Gasteiger partial charge in [-0.2, -0.15) is 0 Å². The number of benzene rings is 1. The molecule has 0 saturated heterocycles. The summed E-state index contributed by atoms with van der Waals surface area (Å²) in [5.74, 6) is 0.351. The summed E-state index contributed by atoms with van der Waals surface area (Å²) in [5.41, 5.74) is 7.00. The Morgan fingerprint density at radius 3 is 2.71 bits per heavy atom. The van der Waals surface area contributed by atoms with Crippen LogP contribution in [-0.2, 0) is 11.2 Å². The highest BCUT2D eigenvalue weighted by Gasteiger charge is 2.16. The number of hydrogen-bond donors (Lipinski definition) is 2. The number of ether oxygens (including phenoxy) is 1. The van der Waals surface area contributed by atoms with E-state index < -0.39 is 6.10 Å². The topological polar surface area (TPSA) is 50.4 Å². The van der Waals surface area contributed by atoms with Gasteiger partial charge in [-0.3, -0.25) is 15.6 Å². The average molecular weight is 365 g/mol. The van der Waals surface area contributed by atoms with Crippen LogP contribution in [0.25, 0.3) is 5.70 Å². The lowest BCUT2D eigenvalue weighted by Gasteiger charge is -2.17. The zero-order chi connectivity index (χ0) is 17.7. The molecule has 2 N–H and O–H groups in total. The van der Waals surface area contributed by atoms with Crippen LogP contribution < -0.4 is 15.6 Å². The minimum atomic E-state index is -0.653. The molecule has 1 aromatic carbocycles. The van der Waals surface area contributed by atoms with Gasteiger partial charge in [0.1, 0.15) is 5.75 Å². The number of amides is 1. The predicted octanol–water partition coefficient (Wildman–Crippen LogP) is 4.33. The number of nitrogens with one attached hydrogen (secondary N) is 2. The van der Waals surface area contributed by atoms with Gasteiger partial charge in [0.25, 0.3) is 5.91 Å². The van der Waals surface area contributed by atoms with Crippen molar-refractivity contribution in [2.75, 3.05) is 0 Å². The molecule has 0 aliphatic heterocycles. The Hall–Kier alpha value is -1.98. The molecule has 0 radical (unpaired) electrons. The molecular weight excluding hydrogens is 344 g/mol. The summed E-state index contributed by atoms with van der Waals surface area (Å²) < 4.78 is 5.68. The normalized spacial score (nSPS) is 11.7. The zero-order valence-corrected chi connectivity index (χ0v) is 15.6. The maximum absolute atomic E-state index is 12.2. The largest absolute Gasteiger partial charge is 0.481 e. The van der Waals surface area contributed by atoms with Crippen molar-refractivity contribution < 1.29 is 9.53 Å². The summed E-state index contributed by atoms with van der Waals surface area (Å²) >= 11 is 7.57. The average Bonchev–Trinajstić information content (AvgIpc) is 3.04. The van der Waals surface area contributed by atoms with E-state index in [1.54, 1.807) is 36.5 Å². The van der Waals surface area contributed by atoms with Crippen molar-refractivity contribution in [2.24, 2.45) is 0 Å². The minimum absolute atomic E-state index is 0.280. The van der Waals surface area contributed by atoms with Crippen LogP contribution in [0.2, 0.25) is 5.02 Å². The lowest BCUT2D eigenvalue weighted by atomic mass is 10.2. The summed E-state index contributed by atoms with van der Waals surface area (Å²) in [6.45, 7) is 9.61. The van der Waals surface area contributed by atoms with E-state index in [1.165, 1.54) is 4.88 Å². The molecule has 2 aromatic rings. The van der Waals surface area contributed by atoms with Crippen molar-refractivity contribution in [3.05, 3.63) is 57.3 Å². The molecular formula is C18H21ClN2O2S. The molecule has 0 bridgehead atoms. The van der Waals surface area contributed by atoms with Crippen LogP contribution in [0.5, 0.6) is 5.75 Å². The summed E-state index contributed by atoms with van der Waals surface area (Å²) in [5, 5.41) is 0.636. The number of hydrogen-bond acceptors (Lipinski definition) is 4. The van der Waals surface area contributed by atoms with Gasteiger partial charge in [-0.1, -0.05) is 25.1 Å². The zero-order valence-electron chi connectivity index (χ0n) is 14.0. The van der Waals surface area contributed by atoms with Crippen molar-refractivity contribution in [2.45, 2.75) is 33.3 Å². The predicted molar refractivity (Wildman–Crippen MR) is 100 cm³/mol. The van der Waals surface area contributed by atoms with Crippen LogP contribution in [-0.4, -0.2) is 12.0 Å². The molecule has 24 heavy (non-hydrogen) atoms. The first kappa shape index (κ1) is 18.4. The van der Waals surface area contributed by atoms with Crippen LogP contribution >= 0.6 is 22.9 Å². The Bertz CT molecular complexity index is 742. The van der Waals surface area contributed by atoms with Crippen LogP contribution in [0.15, 0.2) is 36.9 Å².